The number of hydrogen-bond acceptors (Lipinski definition) is 3. The van der Waals surface area contributed by atoms with Crippen molar-refractivity contribution < 1.29 is 9.59 Å². The van der Waals surface area contributed by atoms with Crippen molar-refractivity contribution in [2.24, 2.45) is 5.10 Å². The molecule has 1 heterocycles. The van der Waals surface area contributed by atoms with Crippen LogP contribution in [-0.4, -0.2) is 23.0 Å². The van der Waals surface area contributed by atoms with Crippen LogP contribution in [0, 0.1) is 6.92 Å². The summed E-state index contributed by atoms with van der Waals surface area (Å²) in [6.07, 6.45) is 3.59. The Morgan fingerprint density at radius 2 is 1.77 bits per heavy atom. The van der Waals surface area contributed by atoms with Gasteiger partial charge in [-0.25, -0.2) is 5.43 Å². The van der Waals surface area contributed by atoms with E-state index in [1.54, 1.807) is 6.21 Å². The number of hydrogen-bond donors (Lipinski definition) is 3. The molecule has 132 valence electrons. The van der Waals surface area contributed by atoms with Gasteiger partial charge in [-0.15, -0.1) is 0 Å². The number of H-pyrrole nitrogens is 1. The number of nitrogens with one attached hydrogen (secondary N) is 3. The lowest BCUT2D eigenvalue weighted by Crippen LogP contribution is -2.20. The smallest absolute Gasteiger partial charge is 0.240 e. The van der Waals surface area contributed by atoms with Gasteiger partial charge in [-0.3, -0.25) is 9.59 Å². The monoisotopic (exact) mass is 348 g/mol. The number of aromatic amines is 1. The van der Waals surface area contributed by atoms with Crippen molar-refractivity contribution in [2.45, 2.75) is 19.8 Å². The maximum atomic E-state index is 11.9. The second-order valence-electron chi connectivity index (χ2n) is 6.00. The highest BCUT2D eigenvalue weighted by atomic mass is 16.2. The molecular weight excluding hydrogens is 328 g/mol. The Bertz CT molecular complexity index is 942. The van der Waals surface area contributed by atoms with Gasteiger partial charge in [0.25, 0.3) is 0 Å². The molecular formula is C20H20N4O2. The van der Waals surface area contributed by atoms with Gasteiger partial charge in [0, 0.05) is 41.2 Å². The molecule has 2 amide bonds. The zero-order chi connectivity index (χ0) is 18.4. The molecule has 0 bridgehead atoms. The Hall–Kier alpha value is -3.41. The fourth-order valence-corrected chi connectivity index (χ4v) is 2.52. The number of para-hydroxylation sites is 1. The molecule has 6 heteroatoms. The first-order chi connectivity index (χ1) is 12.6. The van der Waals surface area contributed by atoms with Gasteiger partial charge >= 0.3 is 0 Å². The number of rotatable bonds is 6. The van der Waals surface area contributed by atoms with E-state index < -0.39 is 0 Å². The molecule has 1 aromatic heterocycles. The number of nitrogens with zero attached hydrogens (tertiary/aromatic N) is 1. The molecule has 0 saturated carbocycles. The summed E-state index contributed by atoms with van der Waals surface area (Å²) in [4.78, 5) is 26.8. The van der Waals surface area contributed by atoms with Crippen LogP contribution in [0.5, 0.6) is 0 Å². The third-order valence-corrected chi connectivity index (χ3v) is 3.93. The lowest BCUT2D eigenvalue weighted by molar-refractivity contribution is -0.124. The first-order valence-corrected chi connectivity index (χ1v) is 8.36. The van der Waals surface area contributed by atoms with Crippen LogP contribution in [0.15, 0.2) is 59.8 Å². The van der Waals surface area contributed by atoms with Crippen LogP contribution < -0.4 is 10.7 Å². The van der Waals surface area contributed by atoms with Crippen molar-refractivity contribution in [2.75, 3.05) is 5.32 Å². The minimum atomic E-state index is -0.305. The summed E-state index contributed by atoms with van der Waals surface area (Å²) < 4.78 is 0. The standard InChI is InChI=1S/C20H20N4O2/c1-14-6-8-16(9-7-14)23-19(25)10-11-20(26)24-22-13-15-12-21-18-5-3-2-4-17(15)18/h2-9,12-13,21H,10-11H2,1H3,(H,23,25)(H,24,26)/b22-13+. The van der Waals surface area contributed by atoms with Crippen molar-refractivity contribution in [1.29, 1.82) is 0 Å². The Kier molecular flexibility index (Phi) is 5.43. The van der Waals surface area contributed by atoms with E-state index in [2.05, 4.69) is 20.8 Å². The summed E-state index contributed by atoms with van der Waals surface area (Å²) in [5.74, 6) is -0.509. The van der Waals surface area contributed by atoms with Crippen molar-refractivity contribution >= 4 is 34.6 Å². The van der Waals surface area contributed by atoms with Crippen LogP contribution in [-0.2, 0) is 9.59 Å². The second-order valence-corrected chi connectivity index (χ2v) is 6.00. The Morgan fingerprint density at radius 1 is 1.04 bits per heavy atom. The molecule has 2 aromatic carbocycles. The highest BCUT2D eigenvalue weighted by Crippen LogP contribution is 2.15. The number of anilines is 1. The number of aryl methyl sites for hydroxylation is 1. The van der Waals surface area contributed by atoms with E-state index >= 15 is 0 Å². The number of amides is 2. The van der Waals surface area contributed by atoms with Gasteiger partial charge in [-0.05, 0) is 25.1 Å². The van der Waals surface area contributed by atoms with Crippen LogP contribution in [0.2, 0.25) is 0 Å². The molecule has 0 unspecified atom stereocenters. The predicted octanol–water partition coefficient (Wildman–Crippen LogP) is 3.35. The molecule has 26 heavy (non-hydrogen) atoms. The van der Waals surface area contributed by atoms with Crippen molar-refractivity contribution in [3.8, 4) is 0 Å². The van der Waals surface area contributed by atoms with Gasteiger partial charge in [-0.1, -0.05) is 35.9 Å². The van der Waals surface area contributed by atoms with Crippen LogP contribution in [0.1, 0.15) is 24.0 Å². The van der Waals surface area contributed by atoms with E-state index in [0.29, 0.717) is 0 Å². The maximum absolute atomic E-state index is 11.9. The van der Waals surface area contributed by atoms with Gasteiger partial charge in [0.1, 0.15) is 0 Å². The number of hydrazone groups is 1. The summed E-state index contributed by atoms with van der Waals surface area (Å²) in [6, 6.07) is 15.3. The number of fused-ring (bicyclic) bond motifs is 1. The van der Waals surface area contributed by atoms with E-state index in [1.165, 1.54) is 0 Å². The van der Waals surface area contributed by atoms with E-state index in [-0.39, 0.29) is 24.7 Å². The number of carbonyl (C=O) groups excluding carboxylic acids is 2. The average molecular weight is 348 g/mol. The largest absolute Gasteiger partial charge is 0.361 e. The highest BCUT2D eigenvalue weighted by Gasteiger charge is 2.07. The minimum absolute atomic E-state index is 0.0723. The molecule has 0 fully saturated rings. The normalized spacial score (nSPS) is 11.0. The molecule has 0 atom stereocenters. The molecule has 0 aliphatic rings. The minimum Gasteiger partial charge on any atom is -0.361 e. The number of carbonyl (C=O) groups is 2. The summed E-state index contributed by atoms with van der Waals surface area (Å²) >= 11 is 0. The van der Waals surface area contributed by atoms with Gasteiger partial charge in [0.05, 0.1) is 6.21 Å². The quantitative estimate of drug-likeness (QED) is 0.471. The van der Waals surface area contributed by atoms with Gasteiger partial charge in [0.2, 0.25) is 11.8 Å². The molecule has 6 nitrogen and oxygen atoms in total. The van der Waals surface area contributed by atoms with E-state index in [9.17, 15) is 9.59 Å². The van der Waals surface area contributed by atoms with Gasteiger partial charge in [-0.2, -0.15) is 5.10 Å². The predicted molar refractivity (Wildman–Crippen MR) is 103 cm³/mol. The molecule has 0 aliphatic heterocycles. The maximum Gasteiger partial charge on any atom is 0.240 e. The SMILES string of the molecule is Cc1ccc(NC(=O)CCC(=O)N/N=C/c2c[nH]c3ccccc23)cc1. The van der Waals surface area contributed by atoms with Crippen LogP contribution in [0.3, 0.4) is 0 Å². The Morgan fingerprint density at radius 3 is 2.58 bits per heavy atom. The first kappa shape index (κ1) is 17.4. The van der Waals surface area contributed by atoms with Gasteiger partial charge < -0.3 is 10.3 Å². The molecule has 3 N–H and O–H groups in total. The summed E-state index contributed by atoms with van der Waals surface area (Å²) in [5.41, 5.74) is 6.18. The summed E-state index contributed by atoms with van der Waals surface area (Å²) in [7, 11) is 0. The lowest BCUT2D eigenvalue weighted by atomic mass is 10.2. The van der Waals surface area contributed by atoms with Crippen LogP contribution >= 0.6 is 0 Å². The summed E-state index contributed by atoms with van der Waals surface area (Å²) in [6.45, 7) is 1.98. The van der Waals surface area contributed by atoms with Crippen molar-refractivity contribution in [3.05, 3.63) is 65.9 Å². The lowest BCUT2D eigenvalue weighted by Gasteiger charge is -2.05. The fraction of sp³-hybridized carbons (Fsp3) is 0.150. The first-order valence-electron chi connectivity index (χ1n) is 8.36. The number of aromatic nitrogens is 1. The van der Waals surface area contributed by atoms with E-state index in [4.69, 9.17) is 0 Å². The fourth-order valence-electron chi connectivity index (χ4n) is 2.52. The summed E-state index contributed by atoms with van der Waals surface area (Å²) in [5, 5.41) is 7.75. The van der Waals surface area contributed by atoms with Crippen molar-refractivity contribution in [3.63, 3.8) is 0 Å². The Labute approximate surface area is 151 Å². The molecule has 0 saturated heterocycles. The second kappa shape index (κ2) is 8.11. The molecule has 0 aliphatic carbocycles. The van der Waals surface area contributed by atoms with Gasteiger partial charge in [0.15, 0.2) is 0 Å². The molecule has 0 spiro atoms. The number of benzene rings is 2. The third kappa shape index (κ3) is 4.57. The van der Waals surface area contributed by atoms with E-state index in [1.807, 2.05) is 61.7 Å². The van der Waals surface area contributed by atoms with Crippen LogP contribution in [0.4, 0.5) is 5.69 Å². The van der Waals surface area contributed by atoms with Crippen molar-refractivity contribution in [1.82, 2.24) is 10.4 Å². The zero-order valence-electron chi connectivity index (χ0n) is 14.5. The highest BCUT2D eigenvalue weighted by molar-refractivity contribution is 5.99. The Balaban J connectivity index is 1.45. The molecule has 3 rings (SSSR count). The molecule has 3 aromatic rings. The average Bonchev–Trinajstić information content (AvgIpc) is 3.05. The van der Waals surface area contributed by atoms with E-state index in [0.717, 1.165) is 27.7 Å². The zero-order valence-corrected chi connectivity index (χ0v) is 14.5. The topological polar surface area (TPSA) is 86.3 Å². The van der Waals surface area contributed by atoms with Crippen LogP contribution in [0.25, 0.3) is 10.9 Å². The molecule has 0 radical (unpaired) electrons. The third-order valence-electron chi connectivity index (χ3n) is 3.93.